The molecule has 194 valence electrons. The molecule has 1 atom stereocenters. The van der Waals surface area contributed by atoms with Gasteiger partial charge in [-0.2, -0.15) is 0 Å². The highest BCUT2D eigenvalue weighted by molar-refractivity contribution is 9.10. The van der Waals surface area contributed by atoms with Gasteiger partial charge >= 0.3 is 0 Å². The minimum atomic E-state index is -0.662. The molecule has 0 aliphatic carbocycles. The van der Waals surface area contributed by atoms with Crippen LogP contribution in [0, 0.1) is 0 Å². The monoisotopic (exact) mass is 564 g/mol. The van der Waals surface area contributed by atoms with Gasteiger partial charge in [0, 0.05) is 29.4 Å². The Morgan fingerprint density at radius 3 is 2.38 bits per heavy atom. The van der Waals surface area contributed by atoms with Crippen molar-refractivity contribution in [1.29, 1.82) is 0 Å². The third-order valence-electron chi connectivity index (χ3n) is 6.08. The molecular weight excluding hydrogens is 532 g/mol. The molecule has 6 nitrogen and oxygen atoms in total. The smallest absolute Gasteiger partial charge is 0.243 e. The lowest BCUT2D eigenvalue weighted by atomic mass is 9.99. The van der Waals surface area contributed by atoms with Gasteiger partial charge in [-0.15, -0.1) is 0 Å². The molecule has 4 rings (SSSR count). The van der Waals surface area contributed by atoms with Gasteiger partial charge in [0.15, 0.2) is 11.5 Å². The maximum absolute atomic E-state index is 13.8. The zero-order valence-corrected chi connectivity index (χ0v) is 23.1. The SMILES string of the molecule is CC(C)(C)NC(=O)[C@@H](Cc1ccccc1)N(Cc1cccc(Br)c1)C(=O)CCc1ccc2c(c1)OCO2. The van der Waals surface area contributed by atoms with Crippen LogP contribution >= 0.6 is 15.9 Å². The van der Waals surface area contributed by atoms with E-state index in [4.69, 9.17) is 9.47 Å². The molecule has 0 saturated carbocycles. The van der Waals surface area contributed by atoms with E-state index in [0.29, 0.717) is 30.9 Å². The molecule has 1 aliphatic heterocycles. The maximum Gasteiger partial charge on any atom is 0.243 e. The second kappa shape index (κ2) is 11.8. The molecule has 0 radical (unpaired) electrons. The fraction of sp³-hybridized carbons (Fsp3) is 0.333. The molecule has 0 fully saturated rings. The maximum atomic E-state index is 13.8. The van der Waals surface area contributed by atoms with Crippen molar-refractivity contribution in [2.75, 3.05) is 6.79 Å². The van der Waals surface area contributed by atoms with Gasteiger partial charge < -0.3 is 19.7 Å². The molecule has 0 spiro atoms. The number of rotatable bonds is 9. The number of halogens is 1. The van der Waals surface area contributed by atoms with Crippen LogP contribution < -0.4 is 14.8 Å². The van der Waals surface area contributed by atoms with E-state index in [9.17, 15) is 9.59 Å². The van der Waals surface area contributed by atoms with Gasteiger partial charge in [0.05, 0.1) is 0 Å². The predicted octanol–water partition coefficient (Wildman–Crippen LogP) is 5.67. The number of carbonyl (C=O) groups is 2. The zero-order chi connectivity index (χ0) is 26.4. The summed E-state index contributed by atoms with van der Waals surface area (Å²) in [4.78, 5) is 29.2. The van der Waals surface area contributed by atoms with Crippen LogP contribution in [0.15, 0.2) is 77.3 Å². The van der Waals surface area contributed by atoms with E-state index in [1.807, 2.05) is 93.6 Å². The standard InChI is InChI=1S/C30H33BrN2O4/c1-30(2,3)32-29(35)25(17-21-8-5-4-6-9-21)33(19-23-10-7-11-24(31)16-23)28(34)15-13-22-12-14-26-27(18-22)37-20-36-26/h4-12,14,16,18,25H,13,15,17,19-20H2,1-3H3,(H,32,35)/t25-/m1/s1. The molecule has 3 aromatic rings. The summed E-state index contributed by atoms with van der Waals surface area (Å²) in [5, 5.41) is 3.10. The molecule has 7 heteroatoms. The number of nitrogens with zero attached hydrogens (tertiary/aromatic N) is 1. The van der Waals surface area contributed by atoms with E-state index in [0.717, 1.165) is 21.2 Å². The number of nitrogens with one attached hydrogen (secondary N) is 1. The third-order valence-corrected chi connectivity index (χ3v) is 6.57. The Balaban J connectivity index is 1.61. The van der Waals surface area contributed by atoms with Crippen LogP contribution in [-0.2, 0) is 29.0 Å². The molecule has 0 bridgehead atoms. The number of benzene rings is 3. The fourth-order valence-electron chi connectivity index (χ4n) is 4.33. The van der Waals surface area contributed by atoms with Crippen LogP contribution in [0.3, 0.4) is 0 Å². The van der Waals surface area contributed by atoms with Crippen LogP contribution in [0.25, 0.3) is 0 Å². The van der Waals surface area contributed by atoms with Crippen molar-refractivity contribution in [2.45, 2.75) is 58.2 Å². The van der Waals surface area contributed by atoms with Crippen molar-refractivity contribution < 1.29 is 19.1 Å². The normalized spacial score (nSPS) is 13.2. The summed E-state index contributed by atoms with van der Waals surface area (Å²) in [6.07, 6.45) is 1.22. The Morgan fingerprint density at radius 2 is 1.65 bits per heavy atom. The van der Waals surface area contributed by atoms with Crippen molar-refractivity contribution in [3.05, 3.63) is 94.0 Å². The van der Waals surface area contributed by atoms with Crippen molar-refractivity contribution in [3.8, 4) is 11.5 Å². The first-order valence-corrected chi connectivity index (χ1v) is 13.3. The van der Waals surface area contributed by atoms with Crippen molar-refractivity contribution in [1.82, 2.24) is 10.2 Å². The van der Waals surface area contributed by atoms with Gasteiger partial charge in [0.25, 0.3) is 0 Å². The van der Waals surface area contributed by atoms with Crippen LogP contribution in [-0.4, -0.2) is 35.1 Å². The van der Waals surface area contributed by atoms with Gasteiger partial charge in [-0.1, -0.05) is 64.5 Å². The predicted molar refractivity (Wildman–Crippen MR) is 147 cm³/mol. The average Bonchev–Trinajstić information content (AvgIpc) is 3.32. The van der Waals surface area contributed by atoms with E-state index in [2.05, 4.69) is 21.2 Å². The third kappa shape index (κ3) is 7.59. The van der Waals surface area contributed by atoms with E-state index in [-0.39, 0.29) is 25.0 Å². The Hall–Kier alpha value is -3.32. The first kappa shape index (κ1) is 26.7. The molecule has 2 amide bonds. The second-order valence-corrected chi connectivity index (χ2v) is 11.2. The van der Waals surface area contributed by atoms with E-state index >= 15 is 0 Å². The average molecular weight is 566 g/mol. The molecule has 0 aromatic heterocycles. The minimum Gasteiger partial charge on any atom is -0.454 e. The highest BCUT2D eigenvalue weighted by Crippen LogP contribution is 2.33. The lowest BCUT2D eigenvalue weighted by Gasteiger charge is -2.34. The molecular formula is C30H33BrN2O4. The van der Waals surface area contributed by atoms with Gasteiger partial charge in [0.2, 0.25) is 18.6 Å². The number of amides is 2. The molecule has 0 saturated heterocycles. The minimum absolute atomic E-state index is 0.0809. The second-order valence-electron chi connectivity index (χ2n) is 10.3. The van der Waals surface area contributed by atoms with E-state index in [1.54, 1.807) is 4.90 Å². The van der Waals surface area contributed by atoms with Crippen molar-refractivity contribution in [2.24, 2.45) is 0 Å². The van der Waals surface area contributed by atoms with Gasteiger partial charge in [-0.05, 0) is 68.1 Å². The number of hydrogen-bond donors (Lipinski definition) is 1. The fourth-order valence-corrected chi connectivity index (χ4v) is 4.78. The van der Waals surface area contributed by atoms with Crippen LogP contribution in [0.5, 0.6) is 11.5 Å². The van der Waals surface area contributed by atoms with Crippen molar-refractivity contribution in [3.63, 3.8) is 0 Å². The molecule has 3 aromatic carbocycles. The van der Waals surface area contributed by atoms with Crippen LogP contribution in [0.4, 0.5) is 0 Å². The number of aryl methyl sites for hydroxylation is 1. The van der Waals surface area contributed by atoms with E-state index < -0.39 is 11.6 Å². The summed E-state index contributed by atoms with van der Waals surface area (Å²) in [6.45, 7) is 6.39. The summed E-state index contributed by atoms with van der Waals surface area (Å²) in [6, 6.07) is 22.8. The quantitative estimate of drug-likeness (QED) is 0.364. The van der Waals surface area contributed by atoms with Crippen LogP contribution in [0.1, 0.15) is 43.9 Å². The van der Waals surface area contributed by atoms with Gasteiger partial charge in [-0.25, -0.2) is 0 Å². The molecule has 37 heavy (non-hydrogen) atoms. The lowest BCUT2D eigenvalue weighted by Crippen LogP contribution is -2.54. The highest BCUT2D eigenvalue weighted by Gasteiger charge is 2.32. The lowest BCUT2D eigenvalue weighted by molar-refractivity contribution is -0.141. The molecule has 1 N–H and O–H groups in total. The summed E-state index contributed by atoms with van der Waals surface area (Å²) < 4.78 is 11.8. The summed E-state index contributed by atoms with van der Waals surface area (Å²) in [5.41, 5.74) is 2.51. The highest BCUT2D eigenvalue weighted by atomic mass is 79.9. The molecule has 1 heterocycles. The molecule has 0 unspecified atom stereocenters. The van der Waals surface area contributed by atoms with Gasteiger partial charge in [0.1, 0.15) is 6.04 Å². The van der Waals surface area contributed by atoms with Crippen molar-refractivity contribution >= 4 is 27.7 Å². The number of fused-ring (bicyclic) bond motifs is 1. The number of hydrogen-bond acceptors (Lipinski definition) is 4. The largest absolute Gasteiger partial charge is 0.454 e. The first-order chi connectivity index (χ1) is 17.7. The van der Waals surface area contributed by atoms with E-state index in [1.165, 1.54) is 0 Å². The Labute approximate surface area is 227 Å². The van der Waals surface area contributed by atoms with Gasteiger partial charge in [-0.3, -0.25) is 9.59 Å². The van der Waals surface area contributed by atoms with Crippen LogP contribution in [0.2, 0.25) is 0 Å². The summed E-state index contributed by atoms with van der Waals surface area (Å²) in [7, 11) is 0. The number of ether oxygens (including phenoxy) is 2. The summed E-state index contributed by atoms with van der Waals surface area (Å²) >= 11 is 3.53. The first-order valence-electron chi connectivity index (χ1n) is 12.5. The number of carbonyl (C=O) groups excluding carboxylic acids is 2. The zero-order valence-electron chi connectivity index (χ0n) is 21.5. The Bertz CT molecular complexity index is 1240. The Morgan fingerprint density at radius 1 is 0.919 bits per heavy atom. The molecule has 1 aliphatic rings. The summed E-state index contributed by atoms with van der Waals surface area (Å²) in [5.74, 6) is 1.17. The topological polar surface area (TPSA) is 67.9 Å². The Kier molecular flexibility index (Phi) is 8.54.